The van der Waals surface area contributed by atoms with Gasteiger partial charge in [-0.3, -0.25) is 0 Å². The fraction of sp³-hybridized carbons (Fsp3) is 0.200. The molecule has 3 nitrogen and oxygen atoms in total. The fourth-order valence-electron chi connectivity index (χ4n) is 2.03. The van der Waals surface area contributed by atoms with Gasteiger partial charge in [-0.25, -0.2) is 0 Å². The van der Waals surface area contributed by atoms with Crippen LogP contribution >= 0.6 is 11.6 Å². The summed E-state index contributed by atoms with van der Waals surface area (Å²) < 4.78 is 0. The minimum absolute atomic E-state index is 0.0324. The van der Waals surface area contributed by atoms with E-state index in [0.29, 0.717) is 22.7 Å². The summed E-state index contributed by atoms with van der Waals surface area (Å²) in [5.41, 5.74) is 8.79. The molecule has 0 unspecified atom stereocenters. The first kappa shape index (κ1) is 13.9. The largest absolute Gasteiger partial charge is 0.398 e. The van der Waals surface area contributed by atoms with Crippen LogP contribution < -0.4 is 5.73 Å². The summed E-state index contributed by atoms with van der Waals surface area (Å²) in [4.78, 5) is 0. The van der Waals surface area contributed by atoms with Crippen LogP contribution in [0.25, 0.3) is 0 Å². The summed E-state index contributed by atoms with van der Waals surface area (Å²) in [6.07, 6.45) is -0.316. The number of aliphatic hydroxyl groups is 2. The van der Waals surface area contributed by atoms with Crippen LogP contribution in [0.4, 0.5) is 5.69 Å². The molecule has 0 radical (unpaired) electrons. The van der Waals surface area contributed by atoms with E-state index < -0.39 is 6.10 Å². The number of aliphatic hydroxyl groups excluding tert-OH is 2. The number of nitrogen functional groups attached to an aromatic ring is 1. The highest BCUT2D eigenvalue weighted by Crippen LogP contribution is 2.29. The molecular weight excluding hydrogens is 262 g/mol. The van der Waals surface area contributed by atoms with Crippen LogP contribution in [0.2, 0.25) is 5.02 Å². The van der Waals surface area contributed by atoms with Gasteiger partial charge in [0.15, 0.2) is 0 Å². The standard InChI is InChI=1S/C15H16ClNO2/c16-12-6-4-11(5-7-12)15(19)13-3-1-2-10(8-9-18)14(13)17/h1-7,15,18-19H,8-9,17H2/t15-/m0/s1. The van der Waals surface area contributed by atoms with Crippen molar-refractivity contribution in [2.75, 3.05) is 12.3 Å². The van der Waals surface area contributed by atoms with Gasteiger partial charge in [0, 0.05) is 22.9 Å². The zero-order valence-corrected chi connectivity index (χ0v) is 11.1. The molecule has 1 atom stereocenters. The highest BCUT2D eigenvalue weighted by molar-refractivity contribution is 6.30. The smallest absolute Gasteiger partial charge is 0.106 e. The second-order valence-electron chi connectivity index (χ2n) is 4.35. The maximum atomic E-state index is 10.4. The van der Waals surface area contributed by atoms with Crippen LogP contribution in [-0.4, -0.2) is 16.8 Å². The van der Waals surface area contributed by atoms with E-state index in [0.717, 1.165) is 11.1 Å². The monoisotopic (exact) mass is 277 g/mol. The first-order valence-corrected chi connectivity index (χ1v) is 6.43. The average Bonchev–Trinajstić information content (AvgIpc) is 2.41. The summed E-state index contributed by atoms with van der Waals surface area (Å²) in [5, 5.41) is 20.0. The summed E-state index contributed by atoms with van der Waals surface area (Å²) in [5.74, 6) is 0. The van der Waals surface area contributed by atoms with Crippen molar-refractivity contribution in [2.45, 2.75) is 12.5 Å². The van der Waals surface area contributed by atoms with Gasteiger partial charge in [-0.05, 0) is 29.7 Å². The molecular formula is C15H16ClNO2. The number of rotatable bonds is 4. The normalized spacial score (nSPS) is 12.4. The van der Waals surface area contributed by atoms with Gasteiger partial charge in [0.1, 0.15) is 6.10 Å². The van der Waals surface area contributed by atoms with E-state index in [9.17, 15) is 5.11 Å². The second-order valence-corrected chi connectivity index (χ2v) is 4.78. The van der Waals surface area contributed by atoms with Crippen molar-refractivity contribution in [1.29, 1.82) is 0 Å². The van der Waals surface area contributed by atoms with Gasteiger partial charge < -0.3 is 15.9 Å². The van der Waals surface area contributed by atoms with Crippen molar-refractivity contribution >= 4 is 17.3 Å². The molecule has 4 heteroatoms. The lowest BCUT2D eigenvalue weighted by molar-refractivity contribution is 0.221. The van der Waals surface area contributed by atoms with E-state index >= 15 is 0 Å². The Balaban J connectivity index is 2.35. The van der Waals surface area contributed by atoms with Gasteiger partial charge in [0.25, 0.3) is 0 Å². The lowest BCUT2D eigenvalue weighted by Crippen LogP contribution is -2.07. The number of para-hydroxylation sites is 1. The number of hydrogen-bond acceptors (Lipinski definition) is 3. The lowest BCUT2D eigenvalue weighted by Gasteiger charge is -2.16. The Morgan fingerprint density at radius 3 is 2.42 bits per heavy atom. The molecule has 0 fully saturated rings. The van der Waals surface area contributed by atoms with Crippen LogP contribution in [0.3, 0.4) is 0 Å². The third-order valence-corrected chi connectivity index (χ3v) is 3.34. The van der Waals surface area contributed by atoms with Crippen molar-refractivity contribution in [1.82, 2.24) is 0 Å². The number of halogens is 1. The number of benzene rings is 2. The van der Waals surface area contributed by atoms with E-state index in [1.54, 1.807) is 30.3 Å². The minimum Gasteiger partial charge on any atom is -0.398 e. The molecule has 2 aromatic carbocycles. The predicted molar refractivity (Wildman–Crippen MR) is 77.2 cm³/mol. The Morgan fingerprint density at radius 1 is 1.11 bits per heavy atom. The molecule has 0 amide bonds. The maximum absolute atomic E-state index is 10.4. The van der Waals surface area contributed by atoms with Crippen molar-refractivity contribution in [3.05, 3.63) is 64.2 Å². The summed E-state index contributed by atoms with van der Waals surface area (Å²) in [6, 6.07) is 12.5. The highest BCUT2D eigenvalue weighted by Gasteiger charge is 2.15. The fourth-order valence-corrected chi connectivity index (χ4v) is 2.16. The third-order valence-electron chi connectivity index (χ3n) is 3.09. The van der Waals surface area contributed by atoms with Gasteiger partial charge in [-0.2, -0.15) is 0 Å². The Hall–Kier alpha value is -1.55. The molecule has 0 heterocycles. The molecule has 0 saturated heterocycles. The summed E-state index contributed by atoms with van der Waals surface area (Å²) >= 11 is 5.83. The molecule has 0 aromatic heterocycles. The van der Waals surface area contributed by atoms with Crippen LogP contribution in [0.5, 0.6) is 0 Å². The molecule has 0 aliphatic rings. The molecule has 0 bridgehead atoms. The molecule has 0 aliphatic carbocycles. The zero-order chi connectivity index (χ0) is 13.8. The Kier molecular flexibility index (Phi) is 4.43. The predicted octanol–water partition coefficient (Wildman–Crippen LogP) is 2.54. The molecule has 2 aromatic rings. The van der Waals surface area contributed by atoms with E-state index in [1.807, 2.05) is 12.1 Å². The molecule has 2 rings (SSSR count). The SMILES string of the molecule is Nc1c(CCO)cccc1[C@@H](O)c1ccc(Cl)cc1. The first-order chi connectivity index (χ1) is 9.13. The minimum atomic E-state index is -0.795. The van der Waals surface area contributed by atoms with Crippen molar-refractivity contribution in [2.24, 2.45) is 0 Å². The van der Waals surface area contributed by atoms with E-state index in [1.165, 1.54) is 0 Å². The number of nitrogens with two attached hydrogens (primary N) is 1. The van der Waals surface area contributed by atoms with Crippen LogP contribution in [0, 0.1) is 0 Å². The summed E-state index contributed by atoms with van der Waals surface area (Å²) in [6.45, 7) is 0.0324. The van der Waals surface area contributed by atoms with E-state index in [4.69, 9.17) is 22.4 Å². The molecule has 4 N–H and O–H groups in total. The van der Waals surface area contributed by atoms with E-state index in [-0.39, 0.29) is 6.61 Å². The van der Waals surface area contributed by atoms with Crippen molar-refractivity contribution < 1.29 is 10.2 Å². The highest BCUT2D eigenvalue weighted by atomic mass is 35.5. The number of hydrogen-bond donors (Lipinski definition) is 3. The Labute approximate surface area is 117 Å². The lowest BCUT2D eigenvalue weighted by atomic mass is 9.96. The molecule has 19 heavy (non-hydrogen) atoms. The Bertz CT molecular complexity index is 555. The van der Waals surface area contributed by atoms with E-state index in [2.05, 4.69) is 0 Å². The van der Waals surface area contributed by atoms with Gasteiger partial charge in [0.05, 0.1) is 0 Å². The van der Waals surface area contributed by atoms with Crippen LogP contribution in [0.15, 0.2) is 42.5 Å². The van der Waals surface area contributed by atoms with Gasteiger partial charge >= 0.3 is 0 Å². The van der Waals surface area contributed by atoms with Gasteiger partial charge in [-0.1, -0.05) is 41.9 Å². The third kappa shape index (κ3) is 3.07. The second kappa shape index (κ2) is 6.06. The Morgan fingerprint density at radius 2 is 1.79 bits per heavy atom. The topological polar surface area (TPSA) is 66.5 Å². The first-order valence-electron chi connectivity index (χ1n) is 6.05. The summed E-state index contributed by atoms with van der Waals surface area (Å²) in [7, 11) is 0. The number of anilines is 1. The van der Waals surface area contributed by atoms with Crippen LogP contribution in [0.1, 0.15) is 22.8 Å². The van der Waals surface area contributed by atoms with Crippen molar-refractivity contribution in [3.8, 4) is 0 Å². The van der Waals surface area contributed by atoms with Crippen molar-refractivity contribution in [3.63, 3.8) is 0 Å². The van der Waals surface area contributed by atoms with Crippen LogP contribution in [-0.2, 0) is 6.42 Å². The molecule has 0 spiro atoms. The van der Waals surface area contributed by atoms with Gasteiger partial charge in [-0.15, -0.1) is 0 Å². The molecule has 0 saturated carbocycles. The van der Waals surface area contributed by atoms with Gasteiger partial charge in [0.2, 0.25) is 0 Å². The molecule has 100 valence electrons. The maximum Gasteiger partial charge on any atom is 0.106 e. The average molecular weight is 278 g/mol. The quantitative estimate of drug-likeness (QED) is 0.753. The zero-order valence-electron chi connectivity index (χ0n) is 10.4. The molecule has 0 aliphatic heterocycles.